The number of ether oxygens (including phenoxy) is 1. The molecule has 0 saturated carbocycles. The number of rotatable bonds is 2. The number of methoxy groups -OCH3 is 1. The molecule has 0 aliphatic rings. The molecular weight excluding hydrogens is 176 g/mol. The third-order valence-corrected chi connectivity index (χ3v) is 2.40. The molecule has 0 aliphatic carbocycles. The standard InChI is InChI=1S/C12H16O2/c1-8(2)10-6-5-7-11(9(10)3)12(13)14-4/h5-8H,1-4H3. The molecular formula is C12H16O2. The Morgan fingerprint density at radius 3 is 2.50 bits per heavy atom. The van der Waals surface area contributed by atoms with E-state index in [9.17, 15) is 4.79 Å². The summed E-state index contributed by atoms with van der Waals surface area (Å²) in [6.07, 6.45) is 0. The summed E-state index contributed by atoms with van der Waals surface area (Å²) in [7, 11) is 1.41. The van der Waals surface area contributed by atoms with Gasteiger partial charge in [-0.2, -0.15) is 0 Å². The van der Waals surface area contributed by atoms with Gasteiger partial charge in [-0.25, -0.2) is 4.79 Å². The minimum absolute atomic E-state index is 0.259. The number of esters is 1. The molecule has 1 rings (SSSR count). The van der Waals surface area contributed by atoms with Crippen molar-refractivity contribution in [1.82, 2.24) is 0 Å². The molecule has 0 radical (unpaired) electrons. The second kappa shape index (κ2) is 4.27. The smallest absolute Gasteiger partial charge is 0.338 e. The van der Waals surface area contributed by atoms with Crippen LogP contribution in [-0.4, -0.2) is 13.1 Å². The Morgan fingerprint density at radius 1 is 1.36 bits per heavy atom. The first kappa shape index (κ1) is 10.8. The summed E-state index contributed by atoms with van der Waals surface area (Å²) in [4.78, 5) is 11.4. The van der Waals surface area contributed by atoms with E-state index >= 15 is 0 Å². The first-order chi connectivity index (χ1) is 6.57. The maximum Gasteiger partial charge on any atom is 0.338 e. The van der Waals surface area contributed by atoms with Gasteiger partial charge in [-0.15, -0.1) is 0 Å². The number of carbonyl (C=O) groups is 1. The van der Waals surface area contributed by atoms with Crippen molar-refractivity contribution < 1.29 is 9.53 Å². The molecule has 76 valence electrons. The van der Waals surface area contributed by atoms with Crippen molar-refractivity contribution in [1.29, 1.82) is 0 Å². The van der Waals surface area contributed by atoms with Crippen molar-refractivity contribution in [2.45, 2.75) is 26.7 Å². The molecule has 0 bridgehead atoms. The van der Waals surface area contributed by atoms with E-state index < -0.39 is 0 Å². The van der Waals surface area contributed by atoms with Crippen molar-refractivity contribution in [2.24, 2.45) is 0 Å². The molecule has 1 aromatic rings. The van der Waals surface area contributed by atoms with Gasteiger partial charge in [0.1, 0.15) is 0 Å². The Morgan fingerprint density at radius 2 is 2.00 bits per heavy atom. The quantitative estimate of drug-likeness (QED) is 0.673. The molecule has 14 heavy (non-hydrogen) atoms. The predicted octanol–water partition coefficient (Wildman–Crippen LogP) is 2.91. The summed E-state index contributed by atoms with van der Waals surface area (Å²) < 4.78 is 4.71. The van der Waals surface area contributed by atoms with E-state index in [1.165, 1.54) is 12.7 Å². The molecule has 1 aromatic carbocycles. The summed E-state index contributed by atoms with van der Waals surface area (Å²) in [5.41, 5.74) is 2.89. The van der Waals surface area contributed by atoms with Crippen molar-refractivity contribution in [3.8, 4) is 0 Å². The van der Waals surface area contributed by atoms with Gasteiger partial charge < -0.3 is 4.74 Å². The Kier molecular flexibility index (Phi) is 3.28. The van der Waals surface area contributed by atoms with Gasteiger partial charge >= 0.3 is 5.97 Å². The van der Waals surface area contributed by atoms with E-state index in [-0.39, 0.29) is 5.97 Å². The van der Waals surface area contributed by atoms with Gasteiger partial charge in [0.05, 0.1) is 12.7 Å². The van der Waals surface area contributed by atoms with Crippen LogP contribution in [0.4, 0.5) is 0 Å². The van der Waals surface area contributed by atoms with Gasteiger partial charge in [-0.1, -0.05) is 26.0 Å². The van der Waals surface area contributed by atoms with Crippen LogP contribution in [-0.2, 0) is 4.74 Å². The van der Waals surface area contributed by atoms with Crippen molar-refractivity contribution in [3.05, 3.63) is 34.9 Å². The molecule has 0 atom stereocenters. The summed E-state index contributed by atoms with van der Waals surface area (Å²) in [6.45, 7) is 6.19. The van der Waals surface area contributed by atoms with Crippen LogP contribution < -0.4 is 0 Å². The molecule has 0 aromatic heterocycles. The Balaban J connectivity index is 3.20. The normalized spacial score (nSPS) is 10.4. The van der Waals surface area contributed by atoms with Crippen LogP contribution in [0.1, 0.15) is 41.3 Å². The molecule has 2 nitrogen and oxygen atoms in total. The number of carbonyl (C=O) groups excluding carboxylic acids is 1. The van der Waals surface area contributed by atoms with Gasteiger partial charge in [0.15, 0.2) is 0 Å². The maximum absolute atomic E-state index is 11.4. The maximum atomic E-state index is 11.4. The summed E-state index contributed by atoms with van der Waals surface area (Å²) in [6, 6.07) is 5.74. The van der Waals surface area contributed by atoms with Crippen LogP contribution in [0, 0.1) is 6.92 Å². The van der Waals surface area contributed by atoms with Gasteiger partial charge in [0.25, 0.3) is 0 Å². The van der Waals surface area contributed by atoms with E-state index in [0.29, 0.717) is 11.5 Å². The molecule has 0 heterocycles. The first-order valence-corrected chi connectivity index (χ1v) is 4.75. The predicted molar refractivity (Wildman–Crippen MR) is 56.6 cm³/mol. The SMILES string of the molecule is COC(=O)c1cccc(C(C)C)c1C. The van der Waals surface area contributed by atoms with E-state index in [2.05, 4.69) is 13.8 Å². The summed E-state index contributed by atoms with van der Waals surface area (Å²) in [5, 5.41) is 0. The lowest BCUT2D eigenvalue weighted by Crippen LogP contribution is -2.06. The highest BCUT2D eigenvalue weighted by Crippen LogP contribution is 2.22. The topological polar surface area (TPSA) is 26.3 Å². The van der Waals surface area contributed by atoms with E-state index in [0.717, 1.165) is 5.56 Å². The molecule has 0 fully saturated rings. The minimum Gasteiger partial charge on any atom is -0.465 e. The largest absolute Gasteiger partial charge is 0.465 e. The Bertz CT molecular complexity index is 340. The fraction of sp³-hybridized carbons (Fsp3) is 0.417. The third kappa shape index (κ3) is 1.95. The first-order valence-electron chi connectivity index (χ1n) is 4.75. The average molecular weight is 192 g/mol. The lowest BCUT2D eigenvalue weighted by atomic mass is 9.94. The lowest BCUT2D eigenvalue weighted by Gasteiger charge is -2.12. The Labute approximate surface area is 84.9 Å². The molecule has 0 saturated heterocycles. The van der Waals surface area contributed by atoms with Crippen molar-refractivity contribution >= 4 is 5.97 Å². The zero-order valence-corrected chi connectivity index (χ0v) is 9.13. The van der Waals surface area contributed by atoms with Gasteiger partial charge in [0, 0.05) is 0 Å². The van der Waals surface area contributed by atoms with Gasteiger partial charge in [-0.3, -0.25) is 0 Å². The van der Waals surface area contributed by atoms with Crippen LogP contribution in [0.5, 0.6) is 0 Å². The molecule has 0 amide bonds. The van der Waals surface area contributed by atoms with Crippen LogP contribution in [0.15, 0.2) is 18.2 Å². The highest BCUT2D eigenvalue weighted by Gasteiger charge is 2.12. The summed E-state index contributed by atoms with van der Waals surface area (Å²) >= 11 is 0. The fourth-order valence-electron chi connectivity index (χ4n) is 1.61. The fourth-order valence-corrected chi connectivity index (χ4v) is 1.61. The van der Waals surface area contributed by atoms with Crippen molar-refractivity contribution in [3.63, 3.8) is 0 Å². The van der Waals surface area contributed by atoms with Crippen LogP contribution in [0.25, 0.3) is 0 Å². The molecule has 0 unspecified atom stereocenters. The van der Waals surface area contributed by atoms with E-state index in [1.54, 1.807) is 6.07 Å². The third-order valence-electron chi connectivity index (χ3n) is 2.40. The minimum atomic E-state index is -0.259. The number of benzene rings is 1. The van der Waals surface area contributed by atoms with Crippen LogP contribution in [0.3, 0.4) is 0 Å². The average Bonchev–Trinajstić information content (AvgIpc) is 2.16. The van der Waals surface area contributed by atoms with Crippen molar-refractivity contribution in [2.75, 3.05) is 7.11 Å². The molecule has 0 spiro atoms. The second-order valence-electron chi connectivity index (χ2n) is 3.67. The summed E-state index contributed by atoms with van der Waals surface area (Å²) in [5.74, 6) is 0.171. The number of hydrogen-bond donors (Lipinski definition) is 0. The van der Waals surface area contributed by atoms with Crippen LogP contribution in [0.2, 0.25) is 0 Å². The Hall–Kier alpha value is -1.31. The molecule has 0 aliphatic heterocycles. The highest BCUT2D eigenvalue weighted by atomic mass is 16.5. The molecule has 2 heteroatoms. The van der Waals surface area contributed by atoms with Crippen LogP contribution >= 0.6 is 0 Å². The van der Waals surface area contributed by atoms with E-state index in [1.807, 2.05) is 19.1 Å². The lowest BCUT2D eigenvalue weighted by molar-refractivity contribution is 0.0600. The van der Waals surface area contributed by atoms with Gasteiger partial charge in [0.2, 0.25) is 0 Å². The second-order valence-corrected chi connectivity index (χ2v) is 3.67. The van der Waals surface area contributed by atoms with E-state index in [4.69, 9.17) is 4.74 Å². The monoisotopic (exact) mass is 192 g/mol. The highest BCUT2D eigenvalue weighted by molar-refractivity contribution is 5.91. The zero-order valence-electron chi connectivity index (χ0n) is 9.13. The number of hydrogen-bond acceptors (Lipinski definition) is 2. The molecule has 0 N–H and O–H groups in total. The van der Waals surface area contributed by atoms with Gasteiger partial charge in [-0.05, 0) is 30.0 Å². The zero-order chi connectivity index (χ0) is 10.7.